The molecule has 1 aromatic heterocycles. The summed E-state index contributed by atoms with van der Waals surface area (Å²) in [5.74, 6) is 0.550. The Morgan fingerprint density at radius 3 is 2.50 bits per heavy atom. The number of pyridine rings is 1. The van der Waals surface area contributed by atoms with E-state index < -0.39 is 10.0 Å². The number of aromatic nitrogens is 1. The fourth-order valence-electron chi connectivity index (χ4n) is 3.18. The van der Waals surface area contributed by atoms with Gasteiger partial charge in [0.1, 0.15) is 11.3 Å². The molecule has 0 spiro atoms. The van der Waals surface area contributed by atoms with Crippen molar-refractivity contribution in [2.75, 3.05) is 11.3 Å². The zero-order valence-electron chi connectivity index (χ0n) is 15.0. The Bertz CT molecular complexity index is 1290. The molecular weight excluding hydrogens is 396 g/mol. The Morgan fingerprint density at radius 1 is 0.964 bits per heavy atom. The maximum absolute atomic E-state index is 13.2. The van der Waals surface area contributed by atoms with Gasteiger partial charge in [0.25, 0.3) is 10.0 Å². The molecule has 0 aliphatic rings. The Hall–Kier alpha value is -2.83. The molecule has 0 atom stereocenters. The summed E-state index contributed by atoms with van der Waals surface area (Å²) < 4.78 is 34.7. The second-order valence-electron chi connectivity index (χ2n) is 6.14. The second-order valence-corrected chi connectivity index (χ2v) is 8.20. The average molecular weight is 413 g/mol. The number of sulfonamides is 1. The number of nitrogens with one attached hydrogen (secondary N) is 1. The van der Waals surface area contributed by atoms with Crippen molar-refractivity contribution in [2.24, 2.45) is 0 Å². The van der Waals surface area contributed by atoms with Crippen LogP contribution in [0.2, 0.25) is 5.02 Å². The van der Waals surface area contributed by atoms with Crippen molar-refractivity contribution in [1.29, 1.82) is 0 Å². The highest BCUT2D eigenvalue weighted by Crippen LogP contribution is 2.34. The monoisotopic (exact) mass is 412 g/mol. The molecule has 0 saturated heterocycles. The first-order chi connectivity index (χ1) is 13.5. The molecular formula is C21H17ClN2O3S. The molecule has 142 valence electrons. The molecule has 7 heteroatoms. The van der Waals surface area contributed by atoms with Crippen molar-refractivity contribution in [1.82, 2.24) is 4.98 Å². The summed E-state index contributed by atoms with van der Waals surface area (Å²) in [6, 6.07) is 17.3. The van der Waals surface area contributed by atoms with E-state index in [-0.39, 0.29) is 4.90 Å². The SMILES string of the molecule is CCOc1ccc(S(=O)(=O)Nc2ccc(Cl)c3ccccc23)c2cccnc12. The van der Waals surface area contributed by atoms with E-state index in [9.17, 15) is 8.42 Å². The molecule has 0 amide bonds. The molecule has 5 nitrogen and oxygen atoms in total. The first-order valence-corrected chi connectivity index (χ1v) is 10.6. The summed E-state index contributed by atoms with van der Waals surface area (Å²) in [5, 5.41) is 2.57. The zero-order chi connectivity index (χ0) is 19.7. The maximum Gasteiger partial charge on any atom is 0.262 e. The molecule has 0 unspecified atom stereocenters. The van der Waals surface area contributed by atoms with Crippen LogP contribution in [0.5, 0.6) is 5.75 Å². The van der Waals surface area contributed by atoms with Gasteiger partial charge in [0.05, 0.1) is 17.2 Å². The highest BCUT2D eigenvalue weighted by atomic mass is 35.5. The number of hydrogen-bond donors (Lipinski definition) is 1. The average Bonchev–Trinajstić information content (AvgIpc) is 2.70. The number of hydrogen-bond acceptors (Lipinski definition) is 4. The minimum absolute atomic E-state index is 0.137. The van der Waals surface area contributed by atoms with Gasteiger partial charge in [-0.2, -0.15) is 0 Å². The van der Waals surface area contributed by atoms with E-state index in [1.54, 1.807) is 36.5 Å². The fourth-order valence-corrected chi connectivity index (χ4v) is 4.68. The summed E-state index contributed by atoms with van der Waals surface area (Å²) in [5.41, 5.74) is 0.971. The van der Waals surface area contributed by atoms with Gasteiger partial charge in [0.15, 0.2) is 0 Å². The summed E-state index contributed by atoms with van der Waals surface area (Å²) >= 11 is 6.24. The lowest BCUT2D eigenvalue weighted by atomic mass is 10.1. The van der Waals surface area contributed by atoms with E-state index in [1.165, 1.54) is 6.07 Å². The first kappa shape index (κ1) is 18.5. The summed E-state index contributed by atoms with van der Waals surface area (Å²) in [6.07, 6.45) is 1.61. The third kappa shape index (κ3) is 3.25. The van der Waals surface area contributed by atoms with E-state index in [0.29, 0.717) is 34.0 Å². The zero-order valence-corrected chi connectivity index (χ0v) is 16.6. The third-order valence-electron chi connectivity index (χ3n) is 4.40. The Morgan fingerprint density at radius 2 is 1.71 bits per heavy atom. The number of benzene rings is 3. The van der Waals surface area contributed by atoms with Crippen molar-refractivity contribution < 1.29 is 13.2 Å². The van der Waals surface area contributed by atoms with E-state index in [0.717, 1.165) is 10.8 Å². The number of ether oxygens (including phenoxy) is 1. The van der Waals surface area contributed by atoms with Crippen LogP contribution in [0.15, 0.2) is 71.8 Å². The lowest BCUT2D eigenvalue weighted by molar-refractivity contribution is 0.343. The second kappa shape index (κ2) is 7.30. The van der Waals surface area contributed by atoms with Gasteiger partial charge < -0.3 is 4.74 Å². The smallest absolute Gasteiger partial charge is 0.262 e. The van der Waals surface area contributed by atoms with Crippen LogP contribution in [0.25, 0.3) is 21.7 Å². The lowest BCUT2D eigenvalue weighted by Crippen LogP contribution is -2.14. The molecule has 4 aromatic rings. The molecule has 0 radical (unpaired) electrons. The minimum atomic E-state index is -3.86. The van der Waals surface area contributed by atoms with Gasteiger partial charge in [0, 0.05) is 27.4 Å². The molecule has 0 fully saturated rings. The highest BCUT2D eigenvalue weighted by Gasteiger charge is 2.21. The normalized spacial score (nSPS) is 11.6. The van der Waals surface area contributed by atoms with Crippen LogP contribution in [0.1, 0.15) is 6.92 Å². The first-order valence-electron chi connectivity index (χ1n) is 8.72. The van der Waals surface area contributed by atoms with Crippen LogP contribution < -0.4 is 9.46 Å². The van der Waals surface area contributed by atoms with Crippen molar-refractivity contribution in [3.05, 3.63) is 71.9 Å². The number of anilines is 1. The third-order valence-corrected chi connectivity index (χ3v) is 6.15. The Labute approximate surface area is 168 Å². The van der Waals surface area contributed by atoms with Crippen molar-refractivity contribution in [3.8, 4) is 5.75 Å². The molecule has 0 aliphatic carbocycles. The molecule has 4 rings (SSSR count). The van der Waals surface area contributed by atoms with Crippen LogP contribution >= 0.6 is 11.6 Å². The molecule has 0 bridgehead atoms. The lowest BCUT2D eigenvalue weighted by Gasteiger charge is -2.14. The fraction of sp³-hybridized carbons (Fsp3) is 0.0952. The van der Waals surface area contributed by atoms with Gasteiger partial charge in [-0.05, 0) is 43.3 Å². The van der Waals surface area contributed by atoms with Crippen LogP contribution in [0, 0.1) is 0 Å². The van der Waals surface area contributed by atoms with Crippen LogP contribution in [0.3, 0.4) is 0 Å². The Kier molecular flexibility index (Phi) is 4.83. The summed E-state index contributed by atoms with van der Waals surface area (Å²) in [7, 11) is -3.86. The number of fused-ring (bicyclic) bond motifs is 2. The standard InChI is InChI=1S/C21H17ClN2O3S/c1-2-27-19-11-12-20(16-8-5-13-23-21(16)19)28(25,26)24-18-10-9-17(22)14-6-3-4-7-15(14)18/h3-13,24H,2H2,1H3. The van der Waals surface area contributed by atoms with Crippen LogP contribution in [0.4, 0.5) is 5.69 Å². The van der Waals surface area contributed by atoms with E-state index in [1.807, 2.05) is 31.2 Å². The molecule has 0 saturated carbocycles. The van der Waals surface area contributed by atoms with Crippen molar-refractivity contribution in [3.63, 3.8) is 0 Å². The predicted octanol–water partition coefficient (Wildman–Crippen LogP) is 5.24. The van der Waals surface area contributed by atoms with Crippen LogP contribution in [-0.2, 0) is 10.0 Å². The summed E-state index contributed by atoms with van der Waals surface area (Å²) in [4.78, 5) is 4.44. The maximum atomic E-state index is 13.2. The minimum Gasteiger partial charge on any atom is -0.492 e. The van der Waals surface area contributed by atoms with Crippen LogP contribution in [-0.4, -0.2) is 20.0 Å². The van der Waals surface area contributed by atoms with Gasteiger partial charge in [-0.25, -0.2) is 8.42 Å². The molecule has 3 aromatic carbocycles. The van der Waals surface area contributed by atoms with E-state index >= 15 is 0 Å². The number of rotatable bonds is 5. The molecule has 1 N–H and O–H groups in total. The summed E-state index contributed by atoms with van der Waals surface area (Å²) in [6.45, 7) is 2.33. The predicted molar refractivity (Wildman–Crippen MR) is 113 cm³/mol. The van der Waals surface area contributed by atoms with Gasteiger partial charge in [-0.15, -0.1) is 0 Å². The molecule has 28 heavy (non-hydrogen) atoms. The molecule has 1 heterocycles. The van der Waals surface area contributed by atoms with Gasteiger partial charge in [0.2, 0.25) is 0 Å². The van der Waals surface area contributed by atoms with Crippen molar-refractivity contribution in [2.45, 2.75) is 11.8 Å². The van der Waals surface area contributed by atoms with E-state index in [4.69, 9.17) is 16.3 Å². The van der Waals surface area contributed by atoms with E-state index in [2.05, 4.69) is 9.71 Å². The van der Waals surface area contributed by atoms with Crippen molar-refractivity contribution >= 4 is 49.0 Å². The van der Waals surface area contributed by atoms with Gasteiger partial charge >= 0.3 is 0 Å². The number of halogens is 1. The highest BCUT2D eigenvalue weighted by molar-refractivity contribution is 7.93. The number of nitrogens with zero attached hydrogens (tertiary/aromatic N) is 1. The molecule has 0 aliphatic heterocycles. The largest absolute Gasteiger partial charge is 0.492 e. The van der Waals surface area contributed by atoms with Gasteiger partial charge in [-0.3, -0.25) is 9.71 Å². The topological polar surface area (TPSA) is 68.3 Å². The Balaban J connectivity index is 1.85. The van der Waals surface area contributed by atoms with Gasteiger partial charge in [-0.1, -0.05) is 35.9 Å². The quantitative estimate of drug-likeness (QED) is 0.486.